The summed E-state index contributed by atoms with van der Waals surface area (Å²) >= 11 is 0. The Morgan fingerprint density at radius 2 is 2.00 bits per heavy atom. The van der Waals surface area contributed by atoms with Crippen molar-refractivity contribution in [1.29, 1.82) is 0 Å². The summed E-state index contributed by atoms with van der Waals surface area (Å²) < 4.78 is 38.9. The monoisotopic (exact) mass is 244 g/mol. The number of halogens is 3. The number of pyridine rings is 1. The van der Waals surface area contributed by atoms with Crippen molar-refractivity contribution in [3.8, 4) is 0 Å². The first kappa shape index (κ1) is 12.2. The Bertz CT molecular complexity index is 409. The zero-order valence-corrected chi connectivity index (χ0v) is 9.64. The van der Waals surface area contributed by atoms with Gasteiger partial charge in [-0.3, -0.25) is 0 Å². The van der Waals surface area contributed by atoms with Crippen LogP contribution >= 0.6 is 0 Å². The van der Waals surface area contributed by atoms with Gasteiger partial charge in [0.2, 0.25) is 0 Å². The third kappa shape index (κ3) is 2.90. The molecule has 1 aliphatic carbocycles. The predicted octanol–water partition coefficient (Wildman–Crippen LogP) is 3.49. The molecule has 0 radical (unpaired) electrons. The summed E-state index contributed by atoms with van der Waals surface area (Å²) in [6.07, 6.45) is 4.03. The molecule has 2 unspecified atom stereocenters. The van der Waals surface area contributed by atoms with Crippen LogP contribution < -0.4 is 5.32 Å². The van der Waals surface area contributed by atoms with E-state index in [0.717, 1.165) is 25.7 Å². The van der Waals surface area contributed by atoms with E-state index < -0.39 is 17.6 Å². The van der Waals surface area contributed by atoms with E-state index in [2.05, 4.69) is 17.2 Å². The fourth-order valence-corrected chi connectivity index (χ4v) is 2.30. The molecule has 0 amide bonds. The van der Waals surface area contributed by atoms with Crippen LogP contribution in [0.3, 0.4) is 0 Å². The van der Waals surface area contributed by atoms with Crippen LogP contribution in [-0.2, 0) is 0 Å². The Morgan fingerprint density at radius 1 is 1.24 bits per heavy atom. The molecule has 1 saturated carbocycles. The van der Waals surface area contributed by atoms with Crippen molar-refractivity contribution in [1.82, 2.24) is 4.98 Å². The summed E-state index contributed by atoms with van der Waals surface area (Å²) in [6.45, 7) is 2.13. The number of aromatic nitrogens is 1. The summed E-state index contributed by atoms with van der Waals surface area (Å²) in [6, 6.07) is 0.613. The third-order valence-electron chi connectivity index (χ3n) is 3.16. The van der Waals surface area contributed by atoms with Gasteiger partial charge in [-0.15, -0.1) is 0 Å². The average molecular weight is 244 g/mol. The van der Waals surface area contributed by atoms with Crippen LogP contribution in [0.5, 0.6) is 0 Å². The van der Waals surface area contributed by atoms with Crippen molar-refractivity contribution < 1.29 is 13.2 Å². The molecule has 2 atom stereocenters. The van der Waals surface area contributed by atoms with Crippen molar-refractivity contribution in [3.05, 3.63) is 23.6 Å². The minimum atomic E-state index is -1.27. The van der Waals surface area contributed by atoms with E-state index in [-0.39, 0.29) is 11.9 Å². The number of anilines is 1. The minimum Gasteiger partial charge on any atom is -0.365 e. The van der Waals surface area contributed by atoms with Crippen LogP contribution in [0.2, 0.25) is 0 Å². The Labute approximate surface area is 98.2 Å². The van der Waals surface area contributed by atoms with E-state index >= 15 is 0 Å². The maximum absolute atomic E-state index is 13.4. The summed E-state index contributed by atoms with van der Waals surface area (Å²) in [5.74, 6) is -3.00. The van der Waals surface area contributed by atoms with Gasteiger partial charge in [-0.05, 0) is 18.8 Å². The van der Waals surface area contributed by atoms with E-state index in [1.54, 1.807) is 0 Å². The molecule has 1 fully saturated rings. The molecule has 0 aromatic carbocycles. The Kier molecular flexibility index (Phi) is 3.54. The third-order valence-corrected chi connectivity index (χ3v) is 3.16. The van der Waals surface area contributed by atoms with Gasteiger partial charge in [0.15, 0.2) is 17.5 Å². The topological polar surface area (TPSA) is 24.9 Å². The van der Waals surface area contributed by atoms with Crippen LogP contribution in [0.25, 0.3) is 0 Å². The van der Waals surface area contributed by atoms with E-state index in [9.17, 15) is 13.2 Å². The molecular weight excluding hydrogens is 229 g/mol. The zero-order chi connectivity index (χ0) is 12.4. The Morgan fingerprint density at radius 3 is 2.71 bits per heavy atom. The number of nitrogens with zero attached hydrogens (tertiary/aromatic N) is 1. The van der Waals surface area contributed by atoms with E-state index in [1.807, 2.05) is 0 Å². The highest BCUT2D eigenvalue weighted by Crippen LogP contribution is 2.26. The molecule has 0 bridgehead atoms. The lowest BCUT2D eigenvalue weighted by molar-refractivity contribution is 0.356. The number of nitrogens with one attached hydrogen (secondary N) is 1. The summed E-state index contributed by atoms with van der Waals surface area (Å²) in [5, 5.41) is 2.85. The number of hydrogen-bond donors (Lipinski definition) is 1. The smallest absolute Gasteiger partial charge is 0.251 e. The quantitative estimate of drug-likeness (QED) is 0.805. The lowest BCUT2D eigenvalue weighted by Gasteiger charge is -2.27. The summed E-state index contributed by atoms with van der Waals surface area (Å²) in [7, 11) is 0. The number of hydrogen-bond acceptors (Lipinski definition) is 2. The van der Waals surface area contributed by atoms with Crippen molar-refractivity contribution in [3.63, 3.8) is 0 Å². The maximum Gasteiger partial charge on any atom is 0.251 e. The van der Waals surface area contributed by atoms with Crippen molar-refractivity contribution in [2.24, 2.45) is 5.92 Å². The van der Waals surface area contributed by atoms with Gasteiger partial charge >= 0.3 is 0 Å². The van der Waals surface area contributed by atoms with Gasteiger partial charge < -0.3 is 5.32 Å². The highest BCUT2D eigenvalue weighted by atomic mass is 19.2. The molecule has 94 valence electrons. The van der Waals surface area contributed by atoms with E-state index in [1.165, 1.54) is 0 Å². The molecular formula is C12H15F3N2. The molecule has 0 spiro atoms. The zero-order valence-electron chi connectivity index (χ0n) is 9.64. The molecule has 17 heavy (non-hydrogen) atoms. The van der Waals surface area contributed by atoms with Gasteiger partial charge in [0.1, 0.15) is 0 Å². The maximum atomic E-state index is 13.4. The minimum absolute atomic E-state index is 0.0885. The average Bonchev–Trinajstić information content (AvgIpc) is 2.26. The van der Waals surface area contributed by atoms with E-state index in [4.69, 9.17) is 0 Å². The van der Waals surface area contributed by atoms with Crippen LogP contribution in [-0.4, -0.2) is 11.0 Å². The van der Waals surface area contributed by atoms with Crippen molar-refractivity contribution >= 4 is 5.82 Å². The fourth-order valence-electron chi connectivity index (χ4n) is 2.30. The van der Waals surface area contributed by atoms with Gasteiger partial charge in [-0.2, -0.15) is 9.37 Å². The Balaban J connectivity index is 2.10. The molecule has 1 aliphatic rings. The summed E-state index contributed by atoms with van der Waals surface area (Å²) in [4.78, 5) is 3.26. The SMILES string of the molecule is CC1CCCC(Nc2nc(F)c(F)cc2F)C1. The van der Waals surface area contributed by atoms with Crippen molar-refractivity contribution in [2.45, 2.75) is 38.6 Å². The molecule has 1 aromatic heterocycles. The first-order valence-electron chi connectivity index (χ1n) is 5.84. The first-order valence-corrected chi connectivity index (χ1v) is 5.84. The standard InChI is InChI=1S/C12H15F3N2/c1-7-3-2-4-8(5-7)16-12-10(14)6-9(13)11(15)17-12/h6-8H,2-5H2,1H3,(H,16,17). The lowest BCUT2D eigenvalue weighted by atomic mass is 9.87. The highest BCUT2D eigenvalue weighted by molar-refractivity contribution is 5.37. The normalized spacial score (nSPS) is 24.7. The Hall–Kier alpha value is -1.26. The first-order chi connectivity index (χ1) is 8.06. The number of rotatable bonds is 2. The molecule has 0 saturated heterocycles. The van der Waals surface area contributed by atoms with Gasteiger partial charge in [0.05, 0.1) is 0 Å². The highest BCUT2D eigenvalue weighted by Gasteiger charge is 2.21. The second kappa shape index (κ2) is 4.94. The van der Waals surface area contributed by atoms with Crippen LogP contribution in [0.1, 0.15) is 32.6 Å². The molecule has 2 rings (SSSR count). The second-order valence-corrected chi connectivity index (χ2v) is 4.70. The molecule has 5 heteroatoms. The predicted molar refractivity (Wildman–Crippen MR) is 59.2 cm³/mol. The van der Waals surface area contributed by atoms with Gasteiger partial charge in [0, 0.05) is 12.1 Å². The van der Waals surface area contributed by atoms with Crippen LogP contribution in [0.4, 0.5) is 19.0 Å². The second-order valence-electron chi connectivity index (χ2n) is 4.70. The van der Waals surface area contributed by atoms with Gasteiger partial charge in [-0.1, -0.05) is 19.8 Å². The van der Waals surface area contributed by atoms with Gasteiger partial charge in [-0.25, -0.2) is 8.78 Å². The molecule has 0 aliphatic heterocycles. The van der Waals surface area contributed by atoms with Crippen molar-refractivity contribution in [2.75, 3.05) is 5.32 Å². The summed E-state index contributed by atoms with van der Waals surface area (Å²) in [5.41, 5.74) is 0. The fraction of sp³-hybridized carbons (Fsp3) is 0.583. The van der Waals surface area contributed by atoms with Crippen LogP contribution in [0, 0.1) is 23.5 Å². The van der Waals surface area contributed by atoms with Crippen LogP contribution in [0.15, 0.2) is 6.07 Å². The largest absolute Gasteiger partial charge is 0.365 e. The molecule has 1 aromatic rings. The van der Waals surface area contributed by atoms with Gasteiger partial charge in [0.25, 0.3) is 5.95 Å². The molecule has 1 heterocycles. The molecule has 2 nitrogen and oxygen atoms in total. The lowest BCUT2D eigenvalue weighted by Crippen LogP contribution is -2.27. The molecule has 1 N–H and O–H groups in total. The van der Waals surface area contributed by atoms with E-state index in [0.29, 0.717) is 12.0 Å².